The second kappa shape index (κ2) is 6.84. The third-order valence-electron chi connectivity index (χ3n) is 5.56. The van der Waals surface area contributed by atoms with Crippen LogP contribution < -0.4 is 15.5 Å². The number of nitrogens with zero attached hydrogens (tertiary/aromatic N) is 4. The number of piperidine rings is 1. The summed E-state index contributed by atoms with van der Waals surface area (Å²) in [5, 5.41) is 13.6. The van der Waals surface area contributed by atoms with Crippen molar-refractivity contribution in [2.45, 2.75) is 6.04 Å². The van der Waals surface area contributed by atoms with Crippen molar-refractivity contribution < 1.29 is 13.6 Å². The van der Waals surface area contributed by atoms with E-state index in [2.05, 4.69) is 20.9 Å². The van der Waals surface area contributed by atoms with Gasteiger partial charge in [-0.05, 0) is 24.3 Å². The van der Waals surface area contributed by atoms with Crippen LogP contribution in [0.15, 0.2) is 54.9 Å². The van der Waals surface area contributed by atoms with E-state index >= 15 is 0 Å². The van der Waals surface area contributed by atoms with E-state index in [0.29, 0.717) is 30.2 Å². The second-order valence-corrected chi connectivity index (χ2v) is 7.32. The normalized spacial score (nSPS) is 22.3. The molecule has 2 aromatic carbocycles. The molecule has 1 aliphatic heterocycles. The first-order chi connectivity index (χ1) is 14.1. The highest BCUT2D eigenvalue weighted by atomic mass is 19.1. The van der Waals surface area contributed by atoms with Gasteiger partial charge in [-0.2, -0.15) is 0 Å². The van der Waals surface area contributed by atoms with E-state index in [-0.39, 0.29) is 23.9 Å². The Morgan fingerprint density at radius 1 is 1.07 bits per heavy atom. The lowest BCUT2D eigenvalue weighted by Gasteiger charge is -2.23. The first-order valence-corrected chi connectivity index (χ1v) is 9.33. The minimum atomic E-state index is -0.585. The second-order valence-electron chi connectivity index (χ2n) is 7.32. The van der Waals surface area contributed by atoms with Gasteiger partial charge in [0.05, 0.1) is 29.5 Å². The van der Waals surface area contributed by atoms with E-state index in [0.717, 1.165) is 6.07 Å². The van der Waals surface area contributed by atoms with Crippen LogP contribution in [0, 0.1) is 23.5 Å². The summed E-state index contributed by atoms with van der Waals surface area (Å²) in [6.45, 7) is 1.27. The molecule has 2 fully saturated rings. The standard InChI is InChI=1S/C20H18F2N6O/c21-12-5-6-17(15(22)9-12)27-10-13-14(11-27)19(13)25-20(29)24-16-3-1-2-4-18(16)28-8-7-23-26-28/h1-9,13-14,19H,10-11H2,(H2,24,25,29)/t13-,14+,19?. The zero-order valence-electron chi connectivity index (χ0n) is 15.3. The summed E-state index contributed by atoms with van der Waals surface area (Å²) in [4.78, 5) is 14.4. The van der Waals surface area contributed by atoms with Gasteiger partial charge in [0.1, 0.15) is 11.6 Å². The first kappa shape index (κ1) is 17.6. The molecule has 1 unspecified atom stereocenters. The number of carbonyl (C=O) groups excluding carboxylic acids is 1. The predicted molar refractivity (Wildman–Crippen MR) is 103 cm³/mol. The maximum absolute atomic E-state index is 14.0. The van der Waals surface area contributed by atoms with Crippen molar-refractivity contribution in [3.05, 3.63) is 66.5 Å². The molecule has 1 saturated heterocycles. The number of fused-ring (bicyclic) bond motifs is 1. The Balaban J connectivity index is 1.20. The van der Waals surface area contributed by atoms with Crippen LogP contribution in [0.5, 0.6) is 0 Å². The molecule has 1 aliphatic carbocycles. The number of anilines is 2. The molecular weight excluding hydrogens is 378 g/mol. The zero-order valence-corrected chi connectivity index (χ0v) is 15.3. The van der Waals surface area contributed by atoms with Crippen molar-refractivity contribution in [1.82, 2.24) is 20.3 Å². The summed E-state index contributed by atoms with van der Waals surface area (Å²) < 4.78 is 28.7. The molecule has 2 heterocycles. The van der Waals surface area contributed by atoms with E-state index < -0.39 is 11.6 Å². The zero-order chi connectivity index (χ0) is 20.0. The molecule has 3 atom stereocenters. The molecule has 2 aliphatic rings. The highest BCUT2D eigenvalue weighted by Gasteiger charge is 2.56. The number of amides is 2. The molecule has 148 valence electrons. The van der Waals surface area contributed by atoms with Gasteiger partial charge in [0.25, 0.3) is 0 Å². The van der Waals surface area contributed by atoms with Gasteiger partial charge in [-0.3, -0.25) is 0 Å². The summed E-state index contributed by atoms with van der Waals surface area (Å²) in [5.74, 6) is -0.622. The summed E-state index contributed by atoms with van der Waals surface area (Å²) in [7, 11) is 0. The van der Waals surface area contributed by atoms with Gasteiger partial charge in [0.2, 0.25) is 0 Å². The SMILES string of the molecule is O=C(Nc1ccccc1-n1ccnn1)NC1[C@H]2CN(c3ccc(F)cc3F)C[C@@H]12. The molecule has 1 aromatic heterocycles. The summed E-state index contributed by atoms with van der Waals surface area (Å²) in [6.07, 6.45) is 3.27. The number of hydrogen-bond donors (Lipinski definition) is 2. The highest BCUT2D eigenvalue weighted by Crippen LogP contribution is 2.47. The lowest BCUT2D eigenvalue weighted by Crippen LogP contribution is -2.37. The quantitative estimate of drug-likeness (QED) is 0.711. The molecule has 2 N–H and O–H groups in total. The molecule has 29 heavy (non-hydrogen) atoms. The van der Waals surface area contributed by atoms with Crippen LogP contribution in [0.25, 0.3) is 5.69 Å². The number of para-hydroxylation sites is 2. The van der Waals surface area contributed by atoms with Gasteiger partial charge in [0, 0.05) is 37.0 Å². The molecule has 7 nitrogen and oxygen atoms in total. The third kappa shape index (κ3) is 3.28. The van der Waals surface area contributed by atoms with E-state index in [1.54, 1.807) is 23.1 Å². The summed E-state index contributed by atoms with van der Waals surface area (Å²) >= 11 is 0. The van der Waals surface area contributed by atoms with Crippen molar-refractivity contribution in [3.8, 4) is 5.69 Å². The maximum Gasteiger partial charge on any atom is 0.319 e. The first-order valence-electron chi connectivity index (χ1n) is 9.33. The van der Waals surface area contributed by atoms with Crippen LogP contribution in [0.2, 0.25) is 0 Å². The average Bonchev–Trinajstić information content (AvgIpc) is 3.13. The van der Waals surface area contributed by atoms with Crippen LogP contribution in [0.1, 0.15) is 0 Å². The Morgan fingerprint density at radius 3 is 2.59 bits per heavy atom. The van der Waals surface area contributed by atoms with Crippen molar-refractivity contribution in [2.75, 3.05) is 23.3 Å². The Kier molecular flexibility index (Phi) is 4.15. The van der Waals surface area contributed by atoms with E-state index in [1.165, 1.54) is 12.1 Å². The number of halogens is 2. The number of urea groups is 1. The van der Waals surface area contributed by atoms with Gasteiger partial charge in [-0.25, -0.2) is 18.3 Å². The maximum atomic E-state index is 14.0. The molecule has 0 spiro atoms. The Morgan fingerprint density at radius 2 is 1.86 bits per heavy atom. The van der Waals surface area contributed by atoms with Gasteiger partial charge in [0.15, 0.2) is 0 Å². The Hall–Kier alpha value is -3.49. The fraction of sp³-hybridized carbons (Fsp3) is 0.250. The van der Waals surface area contributed by atoms with E-state index in [4.69, 9.17) is 0 Å². The van der Waals surface area contributed by atoms with Crippen molar-refractivity contribution in [1.29, 1.82) is 0 Å². The minimum absolute atomic E-state index is 0.0493. The number of hydrogen-bond acceptors (Lipinski definition) is 4. The highest BCUT2D eigenvalue weighted by molar-refractivity contribution is 5.92. The number of carbonyl (C=O) groups is 1. The number of rotatable bonds is 4. The number of nitrogens with one attached hydrogen (secondary N) is 2. The lowest BCUT2D eigenvalue weighted by molar-refractivity contribution is 0.250. The molecular formula is C20H18F2N6O. The van der Waals surface area contributed by atoms with Gasteiger partial charge < -0.3 is 15.5 Å². The molecule has 0 radical (unpaired) electrons. The van der Waals surface area contributed by atoms with Crippen LogP contribution >= 0.6 is 0 Å². The van der Waals surface area contributed by atoms with Gasteiger partial charge >= 0.3 is 6.03 Å². The van der Waals surface area contributed by atoms with Gasteiger partial charge in [-0.1, -0.05) is 17.3 Å². The van der Waals surface area contributed by atoms with E-state index in [1.807, 2.05) is 23.1 Å². The molecule has 3 aromatic rings. The fourth-order valence-electron chi connectivity index (χ4n) is 4.10. The number of benzene rings is 2. The molecule has 2 amide bonds. The molecule has 1 saturated carbocycles. The molecule has 5 rings (SSSR count). The number of aromatic nitrogens is 3. The van der Waals surface area contributed by atoms with Crippen molar-refractivity contribution in [2.24, 2.45) is 11.8 Å². The fourth-order valence-corrected chi connectivity index (χ4v) is 4.10. The largest absolute Gasteiger partial charge is 0.368 e. The van der Waals surface area contributed by atoms with Gasteiger partial charge in [-0.15, -0.1) is 5.10 Å². The topological polar surface area (TPSA) is 75.1 Å². The average molecular weight is 396 g/mol. The van der Waals surface area contributed by atoms with Crippen LogP contribution in [-0.4, -0.2) is 40.2 Å². The Labute approximate surface area is 165 Å². The molecule has 9 heteroatoms. The molecule has 0 bridgehead atoms. The third-order valence-corrected chi connectivity index (χ3v) is 5.56. The smallest absolute Gasteiger partial charge is 0.319 e. The summed E-state index contributed by atoms with van der Waals surface area (Å²) in [6, 6.07) is 10.7. The Bertz CT molecular complexity index is 1040. The minimum Gasteiger partial charge on any atom is -0.368 e. The lowest BCUT2D eigenvalue weighted by atomic mass is 10.2. The summed E-state index contributed by atoms with van der Waals surface area (Å²) in [5.41, 5.74) is 1.74. The van der Waals surface area contributed by atoms with E-state index in [9.17, 15) is 13.6 Å². The van der Waals surface area contributed by atoms with Crippen LogP contribution in [0.4, 0.5) is 25.0 Å². The van der Waals surface area contributed by atoms with Crippen LogP contribution in [0.3, 0.4) is 0 Å². The van der Waals surface area contributed by atoms with Crippen molar-refractivity contribution in [3.63, 3.8) is 0 Å². The monoisotopic (exact) mass is 396 g/mol. The van der Waals surface area contributed by atoms with Crippen molar-refractivity contribution >= 4 is 17.4 Å². The predicted octanol–water partition coefficient (Wildman–Crippen LogP) is 2.80. The van der Waals surface area contributed by atoms with Crippen LogP contribution in [-0.2, 0) is 0 Å².